The number of rotatable bonds is 3. The Balaban J connectivity index is 3.27. The van der Waals surface area contributed by atoms with E-state index >= 15 is 0 Å². The van der Waals surface area contributed by atoms with Crippen LogP contribution in [-0.2, 0) is 0 Å². The molecule has 0 radical (unpaired) electrons. The van der Waals surface area contributed by atoms with E-state index in [1.165, 1.54) is 27.2 Å². The van der Waals surface area contributed by atoms with Crippen molar-refractivity contribution < 1.29 is 18.3 Å². The van der Waals surface area contributed by atoms with Gasteiger partial charge in [-0.1, -0.05) is 0 Å². The van der Waals surface area contributed by atoms with Gasteiger partial charge in [0.25, 0.3) is 6.43 Å². The van der Waals surface area contributed by atoms with Crippen molar-refractivity contribution in [2.24, 2.45) is 0 Å². The average Bonchev–Trinajstić information content (AvgIpc) is 2.17. The Morgan fingerprint density at radius 2 is 1.93 bits per heavy atom. The van der Waals surface area contributed by atoms with Crippen LogP contribution in [0.3, 0.4) is 0 Å². The average molecular weight is 203 g/mol. The molecule has 0 spiro atoms. The third-order valence-electron chi connectivity index (χ3n) is 1.88. The fraction of sp³-hybridized carbons (Fsp3) is 0.444. The molecule has 3 nitrogen and oxygen atoms in total. The lowest BCUT2D eigenvalue weighted by molar-refractivity contribution is 0.149. The van der Waals surface area contributed by atoms with Gasteiger partial charge in [0.1, 0.15) is 0 Å². The lowest BCUT2D eigenvalue weighted by Gasteiger charge is -2.10. The van der Waals surface area contributed by atoms with Crippen LogP contribution in [-0.4, -0.2) is 19.2 Å². The first-order valence-corrected chi connectivity index (χ1v) is 3.97. The molecule has 0 aliphatic heterocycles. The highest BCUT2D eigenvalue weighted by atomic mass is 19.3. The van der Waals surface area contributed by atoms with E-state index < -0.39 is 6.43 Å². The highest BCUT2D eigenvalue weighted by Gasteiger charge is 2.16. The number of halogens is 2. The Morgan fingerprint density at radius 3 is 2.36 bits per heavy atom. The van der Waals surface area contributed by atoms with Gasteiger partial charge in [0.15, 0.2) is 0 Å². The number of hydrogen-bond donors (Lipinski definition) is 0. The van der Waals surface area contributed by atoms with Gasteiger partial charge >= 0.3 is 0 Å². The Morgan fingerprint density at radius 1 is 1.29 bits per heavy atom. The van der Waals surface area contributed by atoms with Gasteiger partial charge in [-0.05, 0) is 6.92 Å². The van der Waals surface area contributed by atoms with Crippen molar-refractivity contribution in [1.82, 2.24) is 4.98 Å². The predicted octanol–water partition coefficient (Wildman–Crippen LogP) is 2.34. The van der Waals surface area contributed by atoms with Crippen molar-refractivity contribution in [1.29, 1.82) is 0 Å². The molecular formula is C9H11F2NO2. The fourth-order valence-electron chi connectivity index (χ4n) is 1.11. The molecule has 78 valence electrons. The number of aromatic nitrogens is 1. The topological polar surface area (TPSA) is 31.4 Å². The van der Waals surface area contributed by atoms with Crippen LogP contribution in [0.25, 0.3) is 0 Å². The summed E-state index contributed by atoms with van der Waals surface area (Å²) in [6, 6.07) is 1.21. The molecule has 0 aliphatic carbocycles. The molecule has 0 atom stereocenters. The fourth-order valence-corrected chi connectivity index (χ4v) is 1.11. The Labute approximate surface area is 80.7 Å². The first-order valence-electron chi connectivity index (χ1n) is 3.97. The number of hydrogen-bond acceptors (Lipinski definition) is 3. The van der Waals surface area contributed by atoms with Crippen molar-refractivity contribution in [3.63, 3.8) is 0 Å². The minimum Gasteiger partial charge on any atom is -0.481 e. The minimum absolute atomic E-state index is 0.117. The molecular weight excluding hydrogens is 192 g/mol. The summed E-state index contributed by atoms with van der Waals surface area (Å²) in [5, 5.41) is 0. The quantitative estimate of drug-likeness (QED) is 0.755. The molecule has 14 heavy (non-hydrogen) atoms. The molecule has 5 heteroatoms. The van der Waals surface area contributed by atoms with Gasteiger partial charge in [-0.3, -0.25) is 0 Å². The lowest BCUT2D eigenvalue weighted by Crippen LogP contribution is -1.99. The van der Waals surface area contributed by atoms with Crippen molar-refractivity contribution in [2.75, 3.05) is 14.2 Å². The van der Waals surface area contributed by atoms with Gasteiger partial charge < -0.3 is 9.47 Å². The SMILES string of the molecule is COc1cc(C(F)F)c(C)c(OC)n1. The van der Waals surface area contributed by atoms with Crippen molar-refractivity contribution in [2.45, 2.75) is 13.3 Å². The van der Waals surface area contributed by atoms with E-state index in [0.717, 1.165) is 0 Å². The summed E-state index contributed by atoms with van der Waals surface area (Å²) in [6.45, 7) is 1.53. The molecule has 0 saturated heterocycles. The number of ether oxygens (including phenoxy) is 2. The molecule has 0 amide bonds. The van der Waals surface area contributed by atoms with Gasteiger partial charge in [0, 0.05) is 17.2 Å². The van der Waals surface area contributed by atoms with Gasteiger partial charge in [0.05, 0.1) is 14.2 Å². The number of methoxy groups -OCH3 is 2. The molecule has 0 fully saturated rings. The summed E-state index contributed by atoms with van der Waals surface area (Å²) in [6.07, 6.45) is -2.55. The molecule has 0 bridgehead atoms. The maximum absolute atomic E-state index is 12.5. The van der Waals surface area contributed by atoms with Crippen molar-refractivity contribution in [3.8, 4) is 11.8 Å². The molecule has 1 heterocycles. The number of alkyl halides is 2. The Bertz CT molecular complexity index is 329. The molecule has 0 N–H and O–H groups in total. The maximum atomic E-state index is 12.5. The van der Waals surface area contributed by atoms with Gasteiger partial charge in [0.2, 0.25) is 11.8 Å². The second-order valence-corrected chi connectivity index (χ2v) is 2.69. The standard InChI is InChI=1S/C9H11F2NO2/c1-5-6(8(10)11)4-7(13-2)12-9(5)14-3/h4,8H,1-3H3. The molecule has 0 saturated carbocycles. The third-order valence-corrected chi connectivity index (χ3v) is 1.88. The van der Waals surface area contributed by atoms with Crippen molar-refractivity contribution in [3.05, 3.63) is 17.2 Å². The predicted molar refractivity (Wildman–Crippen MR) is 47.0 cm³/mol. The summed E-state index contributed by atoms with van der Waals surface area (Å²) < 4.78 is 34.7. The van der Waals surface area contributed by atoms with E-state index in [9.17, 15) is 8.78 Å². The largest absolute Gasteiger partial charge is 0.481 e. The first kappa shape index (κ1) is 10.7. The molecule has 1 aromatic heterocycles. The van der Waals surface area contributed by atoms with Gasteiger partial charge in [-0.25, -0.2) is 8.78 Å². The van der Waals surface area contributed by atoms with Crippen LogP contribution in [0, 0.1) is 6.92 Å². The highest BCUT2D eigenvalue weighted by Crippen LogP contribution is 2.30. The Kier molecular flexibility index (Phi) is 3.22. The van der Waals surface area contributed by atoms with Gasteiger partial charge in [-0.2, -0.15) is 4.98 Å². The van der Waals surface area contributed by atoms with E-state index in [4.69, 9.17) is 9.47 Å². The minimum atomic E-state index is -2.55. The van der Waals surface area contributed by atoms with Crippen LogP contribution >= 0.6 is 0 Å². The smallest absolute Gasteiger partial charge is 0.264 e. The second-order valence-electron chi connectivity index (χ2n) is 2.69. The van der Waals surface area contributed by atoms with E-state index in [0.29, 0.717) is 5.56 Å². The van der Waals surface area contributed by atoms with Crippen LogP contribution < -0.4 is 9.47 Å². The zero-order valence-corrected chi connectivity index (χ0v) is 8.17. The first-order chi connectivity index (χ1) is 6.60. The summed E-state index contributed by atoms with van der Waals surface area (Å²) in [5.74, 6) is 0.294. The lowest BCUT2D eigenvalue weighted by atomic mass is 10.1. The summed E-state index contributed by atoms with van der Waals surface area (Å²) >= 11 is 0. The monoisotopic (exact) mass is 203 g/mol. The number of pyridine rings is 1. The van der Waals surface area contributed by atoms with Crippen LogP contribution in [0.4, 0.5) is 8.78 Å². The number of nitrogens with zero attached hydrogens (tertiary/aromatic N) is 1. The summed E-state index contributed by atoms with van der Waals surface area (Å²) in [5.41, 5.74) is 0.219. The highest BCUT2D eigenvalue weighted by molar-refractivity contribution is 5.38. The molecule has 1 aromatic rings. The maximum Gasteiger partial charge on any atom is 0.264 e. The second kappa shape index (κ2) is 4.21. The van der Waals surface area contributed by atoms with Crippen LogP contribution in [0.5, 0.6) is 11.8 Å². The van der Waals surface area contributed by atoms with Gasteiger partial charge in [-0.15, -0.1) is 0 Å². The molecule has 1 rings (SSSR count). The van der Waals surface area contributed by atoms with Crippen LogP contribution in [0.1, 0.15) is 17.6 Å². The zero-order valence-electron chi connectivity index (χ0n) is 8.17. The molecule has 0 aromatic carbocycles. The van der Waals surface area contributed by atoms with Crippen LogP contribution in [0.15, 0.2) is 6.07 Å². The van der Waals surface area contributed by atoms with E-state index in [2.05, 4.69) is 4.98 Å². The Hall–Kier alpha value is -1.39. The normalized spacial score (nSPS) is 10.4. The van der Waals surface area contributed by atoms with E-state index in [1.807, 2.05) is 0 Å². The van der Waals surface area contributed by atoms with E-state index in [-0.39, 0.29) is 17.3 Å². The van der Waals surface area contributed by atoms with Crippen LogP contribution in [0.2, 0.25) is 0 Å². The zero-order chi connectivity index (χ0) is 10.7. The summed E-state index contributed by atoms with van der Waals surface area (Å²) in [7, 11) is 2.75. The third kappa shape index (κ3) is 1.92. The molecule has 0 aliphatic rings. The van der Waals surface area contributed by atoms with E-state index in [1.54, 1.807) is 0 Å². The summed E-state index contributed by atoms with van der Waals surface area (Å²) in [4.78, 5) is 3.87. The van der Waals surface area contributed by atoms with Crippen molar-refractivity contribution >= 4 is 0 Å². The molecule has 0 unspecified atom stereocenters.